The summed E-state index contributed by atoms with van der Waals surface area (Å²) >= 11 is 0. The van der Waals surface area contributed by atoms with E-state index >= 15 is 0 Å². The summed E-state index contributed by atoms with van der Waals surface area (Å²) in [4.78, 5) is 32.7. The van der Waals surface area contributed by atoms with E-state index in [2.05, 4.69) is 5.32 Å². The van der Waals surface area contributed by atoms with Crippen molar-refractivity contribution in [3.05, 3.63) is 33.9 Å². The van der Waals surface area contributed by atoms with Gasteiger partial charge in [-0.3, -0.25) is 14.9 Å². The summed E-state index contributed by atoms with van der Waals surface area (Å²) in [7, 11) is 0. The van der Waals surface area contributed by atoms with Gasteiger partial charge in [-0.2, -0.15) is 0 Å². The summed E-state index contributed by atoms with van der Waals surface area (Å²) in [5, 5.41) is 22.1. The van der Waals surface area contributed by atoms with Gasteiger partial charge in [0, 0.05) is 11.5 Å². The van der Waals surface area contributed by atoms with Crippen LogP contribution >= 0.6 is 0 Å². The van der Waals surface area contributed by atoms with Gasteiger partial charge in [0.2, 0.25) is 5.91 Å². The molecule has 0 aliphatic rings. The van der Waals surface area contributed by atoms with Crippen LogP contribution in [0.25, 0.3) is 0 Å². The average molecular weight is 266 g/mol. The molecular weight excluding hydrogens is 252 g/mol. The summed E-state index contributed by atoms with van der Waals surface area (Å²) in [6, 6.07) is 3.33. The Morgan fingerprint density at radius 1 is 1.32 bits per heavy atom. The van der Waals surface area contributed by atoms with Crippen LogP contribution in [-0.2, 0) is 4.79 Å². The molecule has 2 N–H and O–H groups in total. The molecule has 0 aliphatic carbocycles. The Morgan fingerprint density at radius 3 is 2.32 bits per heavy atom. The molecule has 1 aromatic carbocycles. The highest BCUT2D eigenvalue weighted by molar-refractivity contribution is 5.97. The third-order valence-electron chi connectivity index (χ3n) is 2.37. The second-order valence-electron chi connectivity index (χ2n) is 5.00. The third kappa shape index (κ3) is 3.51. The second-order valence-corrected chi connectivity index (χ2v) is 5.00. The Kier molecular flexibility index (Phi) is 3.89. The maximum Gasteiger partial charge on any atom is 0.335 e. The third-order valence-corrected chi connectivity index (χ3v) is 2.37. The van der Waals surface area contributed by atoms with Crippen molar-refractivity contribution in [1.29, 1.82) is 0 Å². The number of carboxylic acid groups (broad SMARTS) is 1. The van der Waals surface area contributed by atoms with E-state index in [0.717, 1.165) is 6.07 Å². The fourth-order valence-electron chi connectivity index (χ4n) is 1.23. The van der Waals surface area contributed by atoms with E-state index < -0.39 is 27.9 Å². The predicted molar refractivity (Wildman–Crippen MR) is 68.1 cm³/mol. The molecule has 102 valence electrons. The second kappa shape index (κ2) is 5.05. The van der Waals surface area contributed by atoms with Crippen molar-refractivity contribution in [3.8, 4) is 0 Å². The monoisotopic (exact) mass is 266 g/mol. The molecule has 0 heterocycles. The molecule has 0 saturated heterocycles. The zero-order valence-electron chi connectivity index (χ0n) is 10.8. The first-order chi connectivity index (χ1) is 8.62. The van der Waals surface area contributed by atoms with Crippen LogP contribution in [0.3, 0.4) is 0 Å². The van der Waals surface area contributed by atoms with Crippen molar-refractivity contribution in [2.24, 2.45) is 5.41 Å². The van der Waals surface area contributed by atoms with Crippen LogP contribution in [0.1, 0.15) is 31.1 Å². The van der Waals surface area contributed by atoms with E-state index in [-0.39, 0.29) is 11.3 Å². The van der Waals surface area contributed by atoms with E-state index in [1.807, 2.05) is 0 Å². The lowest BCUT2D eigenvalue weighted by Crippen LogP contribution is -2.28. The van der Waals surface area contributed by atoms with Gasteiger partial charge in [-0.05, 0) is 12.1 Å². The Hall–Kier alpha value is -2.44. The van der Waals surface area contributed by atoms with Gasteiger partial charge >= 0.3 is 5.97 Å². The van der Waals surface area contributed by atoms with Crippen LogP contribution in [0, 0.1) is 15.5 Å². The molecule has 0 aliphatic heterocycles. The SMILES string of the molecule is CC(C)(C)C(=O)Nc1ccc(C(=O)O)cc1[N+](=O)[O-]. The largest absolute Gasteiger partial charge is 0.478 e. The van der Waals surface area contributed by atoms with Gasteiger partial charge in [0.1, 0.15) is 5.69 Å². The predicted octanol–water partition coefficient (Wildman–Crippen LogP) is 2.28. The Morgan fingerprint density at radius 2 is 1.89 bits per heavy atom. The van der Waals surface area contributed by atoms with Gasteiger partial charge in [0.15, 0.2) is 0 Å². The Balaban J connectivity index is 3.18. The highest BCUT2D eigenvalue weighted by Crippen LogP contribution is 2.27. The molecule has 0 aromatic heterocycles. The minimum atomic E-state index is -1.27. The van der Waals surface area contributed by atoms with Crippen molar-refractivity contribution in [1.82, 2.24) is 0 Å². The van der Waals surface area contributed by atoms with Crippen LogP contribution in [-0.4, -0.2) is 21.9 Å². The van der Waals surface area contributed by atoms with E-state index in [1.54, 1.807) is 20.8 Å². The highest BCUT2D eigenvalue weighted by Gasteiger charge is 2.25. The highest BCUT2D eigenvalue weighted by atomic mass is 16.6. The molecule has 7 nitrogen and oxygen atoms in total. The summed E-state index contributed by atoms with van der Waals surface area (Å²) in [5.74, 6) is -1.66. The van der Waals surface area contributed by atoms with Crippen LogP contribution < -0.4 is 5.32 Å². The minimum absolute atomic E-state index is 0.0186. The average Bonchev–Trinajstić information content (AvgIpc) is 2.27. The number of carboxylic acids is 1. The van der Waals surface area contributed by atoms with Crippen molar-refractivity contribution < 1.29 is 19.6 Å². The number of carbonyl (C=O) groups excluding carboxylic acids is 1. The van der Waals surface area contributed by atoms with Crippen LogP contribution in [0.4, 0.5) is 11.4 Å². The standard InChI is InChI=1S/C12H14N2O5/c1-12(2,3)11(17)13-8-5-4-7(10(15)16)6-9(8)14(18)19/h4-6H,1-3H3,(H,13,17)(H,15,16). The molecular formula is C12H14N2O5. The number of rotatable bonds is 3. The smallest absolute Gasteiger partial charge is 0.335 e. The topological polar surface area (TPSA) is 110 Å². The number of nitrogens with zero attached hydrogens (tertiary/aromatic N) is 1. The first kappa shape index (κ1) is 14.6. The molecule has 0 radical (unpaired) electrons. The zero-order chi connectivity index (χ0) is 14.8. The summed E-state index contributed by atoms with van der Waals surface area (Å²) in [5.41, 5.74) is -1.38. The lowest BCUT2D eigenvalue weighted by molar-refractivity contribution is -0.384. The van der Waals surface area contributed by atoms with Crippen LogP contribution in [0.5, 0.6) is 0 Å². The van der Waals surface area contributed by atoms with Crippen molar-refractivity contribution in [2.75, 3.05) is 5.32 Å². The van der Waals surface area contributed by atoms with Crippen molar-refractivity contribution in [3.63, 3.8) is 0 Å². The number of benzene rings is 1. The maximum atomic E-state index is 11.8. The first-order valence-corrected chi connectivity index (χ1v) is 5.46. The normalized spacial score (nSPS) is 10.9. The Bertz CT molecular complexity index is 546. The summed E-state index contributed by atoms with van der Waals surface area (Å²) in [6.07, 6.45) is 0. The summed E-state index contributed by atoms with van der Waals surface area (Å²) < 4.78 is 0. The summed E-state index contributed by atoms with van der Waals surface area (Å²) in [6.45, 7) is 5.00. The number of hydrogen-bond donors (Lipinski definition) is 2. The number of anilines is 1. The molecule has 7 heteroatoms. The maximum absolute atomic E-state index is 11.8. The minimum Gasteiger partial charge on any atom is -0.478 e. The van der Waals surface area contributed by atoms with Gasteiger partial charge < -0.3 is 10.4 Å². The van der Waals surface area contributed by atoms with Crippen LogP contribution in [0.15, 0.2) is 18.2 Å². The van der Waals surface area contributed by atoms with E-state index in [9.17, 15) is 19.7 Å². The van der Waals surface area contributed by atoms with Crippen molar-refractivity contribution >= 4 is 23.3 Å². The number of carbonyl (C=O) groups is 2. The van der Waals surface area contributed by atoms with Crippen LogP contribution in [0.2, 0.25) is 0 Å². The van der Waals surface area contributed by atoms with Gasteiger partial charge in [-0.1, -0.05) is 20.8 Å². The number of hydrogen-bond acceptors (Lipinski definition) is 4. The molecule has 0 fully saturated rings. The fraction of sp³-hybridized carbons (Fsp3) is 0.333. The van der Waals surface area contributed by atoms with Gasteiger partial charge in [0.05, 0.1) is 10.5 Å². The number of nitro groups is 1. The van der Waals surface area contributed by atoms with Gasteiger partial charge in [0.25, 0.3) is 5.69 Å². The quantitative estimate of drug-likeness (QED) is 0.644. The molecule has 1 amide bonds. The van der Waals surface area contributed by atoms with Gasteiger partial charge in [-0.25, -0.2) is 4.79 Å². The number of aromatic carboxylic acids is 1. The lowest BCUT2D eigenvalue weighted by atomic mass is 9.95. The number of amides is 1. The van der Waals surface area contributed by atoms with Gasteiger partial charge in [-0.15, -0.1) is 0 Å². The molecule has 1 rings (SSSR count). The molecule has 0 unspecified atom stereocenters. The molecule has 1 aromatic rings. The number of nitro benzene ring substituents is 1. The molecule has 0 bridgehead atoms. The van der Waals surface area contributed by atoms with Crippen molar-refractivity contribution in [2.45, 2.75) is 20.8 Å². The van der Waals surface area contributed by atoms with E-state index in [4.69, 9.17) is 5.11 Å². The molecule has 0 saturated carbocycles. The fourth-order valence-corrected chi connectivity index (χ4v) is 1.23. The lowest BCUT2D eigenvalue weighted by Gasteiger charge is -2.17. The van der Waals surface area contributed by atoms with E-state index in [1.165, 1.54) is 12.1 Å². The molecule has 0 atom stereocenters. The zero-order valence-corrected chi connectivity index (χ0v) is 10.8. The number of nitrogens with one attached hydrogen (secondary N) is 1. The molecule has 0 spiro atoms. The molecule has 19 heavy (non-hydrogen) atoms. The van der Waals surface area contributed by atoms with E-state index in [0.29, 0.717) is 0 Å². The Labute approximate surface area is 109 Å². The first-order valence-electron chi connectivity index (χ1n) is 5.46.